The van der Waals surface area contributed by atoms with Gasteiger partial charge in [0.2, 0.25) is 0 Å². The van der Waals surface area contributed by atoms with Crippen molar-refractivity contribution in [3.05, 3.63) is 0 Å². The monoisotopic (exact) mass is 281 g/mol. The maximum absolute atomic E-state index is 11.9. The molecule has 0 spiro atoms. The van der Waals surface area contributed by atoms with Gasteiger partial charge in [-0.1, -0.05) is 0 Å². The predicted octanol–water partition coefficient (Wildman–Crippen LogP) is 0.115. The van der Waals surface area contributed by atoms with Crippen LogP contribution in [0.2, 0.25) is 0 Å². The first-order valence-corrected chi connectivity index (χ1v) is 8.82. The van der Waals surface area contributed by atoms with Gasteiger partial charge in [0.25, 0.3) is 10.2 Å². The van der Waals surface area contributed by atoms with Crippen molar-refractivity contribution in [3.8, 4) is 0 Å². The van der Waals surface area contributed by atoms with Crippen LogP contribution in [0.5, 0.6) is 0 Å². The third kappa shape index (κ3) is 5.13. The highest BCUT2D eigenvalue weighted by Gasteiger charge is 2.26. The summed E-state index contributed by atoms with van der Waals surface area (Å²) in [7, 11) is -1.31. The molecule has 2 N–H and O–H groups in total. The molecular formula is C10H23N3O2S2. The van der Waals surface area contributed by atoms with E-state index in [1.807, 2.05) is 13.3 Å². The molecule has 0 aromatic heterocycles. The fourth-order valence-electron chi connectivity index (χ4n) is 2.01. The van der Waals surface area contributed by atoms with Gasteiger partial charge in [0.05, 0.1) is 0 Å². The van der Waals surface area contributed by atoms with Gasteiger partial charge in [-0.25, -0.2) is 4.72 Å². The molecule has 7 heteroatoms. The first kappa shape index (κ1) is 15.2. The van der Waals surface area contributed by atoms with Crippen molar-refractivity contribution in [1.82, 2.24) is 14.3 Å². The van der Waals surface area contributed by atoms with Gasteiger partial charge in [-0.15, -0.1) is 0 Å². The smallest absolute Gasteiger partial charge is 0.279 e. The second-order valence-corrected chi connectivity index (χ2v) is 7.03. The summed E-state index contributed by atoms with van der Waals surface area (Å²) in [6, 6.07) is 0. The fourth-order valence-corrected chi connectivity index (χ4v) is 3.68. The Balaban J connectivity index is 2.36. The average Bonchev–Trinajstić information content (AvgIpc) is 2.30. The molecule has 0 aliphatic carbocycles. The van der Waals surface area contributed by atoms with Crippen molar-refractivity contribution in [2.24, 2.45) is 5.92 Å². The third-order valence-corrected chi connectivity index (χ3v) is 5.22. The minimum Gasteiger partial charge on any atom is -0.319 e. The van der Waals surface area contributed by atoms with E-state index < -0.39 is 10.2 Å². The number of hydrogen-bond donors (Lipinski definition) is 2. The van der Waals surface area contributed by atoms with Gasteiger partial charge in [-0.2, -0.15) is 24.5 Å². The average molecular weight is 281 g/mol. The van der Waals surface area contributed by atoms with Crippen molar-refractivity contribution in [2.75, 3.05) is 45.2 Å². The third-order valence-electron chi connectivity index (χ3n) is 3.00. The molecule has 0 aromatic rings. The SMILES string of the molecule is CNCC1CCN(S(=O)(=O)NCCSC)CC1. The Morgan fingerprint density at radius 3 is 2.53 bits per heavy atom. The summed E-state index contributed by atoms with van der Waals surface area (Å²) < 4.78 is 28.0. The summed E-state index contributed by atoms with van der Waals surface area (Å²) in [4.78, 5) is 0. The molecule has 0 atom stereocenters. The van der Waals surface area contributed by atoms with Crippen LogP contribution in [0.25, 0.3) is 0 Å². The molecule has 102 valence electrons. The van der Waals surface area contributed by atoms with Crippen LogP contribution >= 0.6 is 11.8 Å². The zero-order valence-corrected chi connectivity index (χ0v) is 12.2. The van der Waals surface area contributed by atoms with Crippen LogP contribution in [-0.4, -0.2) is 58.0 Å². The highest BCUT2D eigenvalue weighted by molar-refractivity contribution is 7.98. The summed E-state index contributed by atoms with van der Waals surface area (Å²) in [5.74, 6) is 1.42. The maximum Gasteiger partial charge on any atom is 0.279 e. The number of thioether (sulfide) groups is 1. The molecule has 5 nitrogen and oxygen atoms in total. The zero-order chi connectivity index (χ0) is 12.7. The van der Waals surface area contributed by atoms with Crippen molar-refractivity contribution < 1.29 is 8.42 Å². The lowest BCUT2D eigenvalue weighted by Crippen LogP contribution is -2.46. The van der Waals surface area contributed by atoms with Gasteiger partial charge in [-0.3, -0.25) is 0 Å². The van der Waals surface area contributed by atoms with E-state index in [1.54, 1.807) is 16.1 Å². The van der Waals surface area contributed by atoms with Gasteiger partial charge in [0, 0.05) is 25.4 Å². The minimum atomic E-state index is -3.24. The van der Waals surface area contributed by atoms with Crippen LogP contribution in [0.4, 0.5) is 0 Å². The van der Waals surface area contributed by atoms with E-state index in [9.17, 15) is 8.42 Å². The Morgan fingerprint density at radius 2 is 2.00 bits per heavy atom. The molecule has 0 saturated carbocycles. The van der Waals surface area contributed by atoms with Crippen LogP contribution in [0, 0.1) is 5.92 Å². The van der Waals surface area contributed by atoms with Crippen LogP contribution < -0.4 is 10.0 Å². The Bertz CT molecular complexity index is 301. The molecule has 1 heterocycles. The van der Waals surface area contributed by atoms with Gasteiger partial charge in [-0.05, 0) is 38.6 Å². The van der Waals surface area contributed by atoms with Crippen molar-refractivity contribution in [2.45, 2.75) is 12.8 Å². The second-order valence-electron chi connectivity index (χ2n) is 4.29. The van der Waals surface area contributed by atoms with Crippen LogP contribution in [0.15, 0.2) is 0 Å². The normalized spacial score (nSPS) is 19.6. The highest BCUT2D eigenvalue weighted by Crippen LogP contribution is 2.18. The van der Waals surface area contributed by atoms with Gasteiger partial charge >= 0.3 is 0 Å². The Morgan fingerprint density at radius 1 is 1.35 bits per heavy atom. The summed E-state index contributed by atoms with van der Waals surface area (Å²) >= 11 is 1.64. The number of nitrogens with zero attached hydrogens (tertiary/aromatic N) is 1. The molecule has 0 unspecified atom stereocenters. The Hall–Kier alpha value is 0.180. The van der Waals surface area contributed by atoms with Crippen LogP contribution in [0.1, 0.15) is 12.8 Å². The zero-order valence-electron chi connectivity index (χ0n) is 10.6. The van der Waals surface area contributed by atoms with E-state index in [0.29, 0.717) is 25.6 Å². The fraction of sp³-hybridized carbons (Fsp3) is 1.00. The molecule has 1 aliphatic heterocycles. The van der Waals surface area contributed by atoms with Gasteiger partial charge in [0.15, 0.2) is 0 Å². The summed E-state index contributed by atoms with van der Waals surface area (Å²) in [6.07, 6.45) is 3.87. The molecule has 0 radical (unpaired) electrons. The van der Waals surface area contributed by atoms with Crippen molar-refractivity contribution in [3.63, 3.8) is 0 Å². The lowest BCUT2D eigenvalue weighted by molar-refractivity contribution is 0.268. The quantitative estimate of drug-likeness (QED) is 0.651. The molecule has 0 aromatic carbocycles. The highest BCUT2D eigenvalue weighted by atomic mass is 32.2. The molecule has 1 fully saturated rings. The van der Waals surface area contributed by atoms with Crippen LogP contribution in [-0.2, 0) is 10.2 Å². The Kier molecular flexibility index (Phi) is 6.79. The van der Waals surface area contributed by atoms with Crippen molar-refractivity contribution >= 4 is 22.0 Å². The lowest BCUT2D eigenvalue weighted by Gasteiger charge is -2.31. The molecule has 0 amide bonds. The van der Waals surface area contributed by atoms with Crippen LogP contribution in [0.3, 0.4) is 0 Å². The minimum absolute atomic E-state index is 0.514. The topological polar surface area (TPSA) is 61.4 Å². The molecule has 1 rings (SSSR count). The van der Waals surface area contributed by atoms with Gasteiger partial charge in [0.1, 0.15) is 0 Å². The van der Waals surface area contributed by atoms with E-state index in [-0.39, 0.29) is 0 Å². The number of nitrogens with one attached hydrogen (secondary N) is 2. The summed E-state index contributed by atoms with van der Waals surface area (Å²) in [5.41, 5.74) is 0. The molecule has 0 bridgehead atoms. The van der Waals surface area contributed by atoms with E-state index in [2.05, 4.69) is 10.0 Å². The van der Waals surface area contributed by atoms with Gasteiger partial charge < -0.3 is 5.32 Å². The predicted molar refractivity (Wildman–Crippen MR) is 73.5 cm³/mol. The maximum atomic E-state index is 11.9. The summed E-state index contributed by atoms with van der Waals surface area (Å²) in [6.45, 7) is 2.77. The first-order chi connectivity index (χ1) is 8.10. The molecule has 1 aliphatic rings. The molecular weight excluding hydrogens is 258 g/mol. The van der Waals surface area contributed by atoms with E-state index in [4.69, 9.17) is 0 Å². The van der Waals surface area contributed by atoms with E-state index in [1.165, 1.54) is 0 Å². The lowest BCUT2D eigenvalue weighted by atomic mass is 9.98. The first-order valence-electron chi connectivity index (χ1n) is 5.98. The second kappa shape index (κ2) is 7.58. The van der Waals surface area contributed by atoms with E-state index >= 15 is 0 Å². The van der Waals surface area contributed by atoms with Crippen molar-refractivity contribution in [1.29, 1.82) is 0 Å². The number of piperidine rings is 1. The number of rotatable bonds is 7. The largest absolute Gasteiger partial charge is 0.319 e. The molecule has 17 heavy (non-hydrogen) atoms. The Labute approximate surface area is 109 Å². The summed E-state index contributed by atoms with van der Waals surface area (Å²) in [5, 5.41) is 3.15. The molecule has 1 saturated heterocycles. The number of hydrogen-bond acceptors (Lipinski definition) is 4. The van der Waals surface area contributed by atoms with E-state index in [0.717, 1.165) is 25.1 Å². The standard InChI is InChI=1S/C10H23N3O2S2/c1-11-9-10-3-6-13(7-4-10)17(14,15)12-5-8-16-2/h10-12H,3-9H2,1-2H3.